The first-order chi connectivity index (χ1) is 9.13. The Kier molecular flexibility index (Phi) is 4.56. The average Bonchev–Trinajstić information content (AvgIpc) is 2.70. The second kappa shape index (κ2) is 6.17. The van der Waals surface area contributed by atoms with Crippen LogP contribution >= 0.6 is 0 Å². The van der Waals surface area contributed by atoms with Gasteiger partial charge in [-0.25, -0.2) is 4.98 Å². The largest absolute Gasteiger partial charge is 0.396 e. The van der Waals surface area contributed by atoms with Gasteiger partial charge in [-0.3, -0.25) is 0 Å². The van der Waals surface area contributed by atoms with Crippen molar-refractivity contribution in [3.8, 4) is 0 Å². The first-order valence-electron chi connectivity index (χ1n) is 6.90. The molecule has 19 heavy (non-hydrogen) atoms. The first kappa shape index (κ1) is 14.0. The molecule has 0 amide bonds. The van der Waals surface area contributed by atoms with Crippen LogP contribution in [0.1, 0.15) is 31.7 Å². The van der Waals surface area contributed by atoms with Crippen LogP contribution < -0.4 is 5.32 Å². The lowest BCUT2D eigenvalue weighted by molar-refractivity contribution is 0.243. The summed E-state index contributed by atoms with van der Waals surface area (Å²) in [6, 6.07) is 6.37. The summed E-state index contributed by atoms with van der Waals surface area (Å²) in [5.74, 6) is 0.506. The Balaban J connectivity index is 2.14. The Hall–Kier alpha value is -1.39. The van der Waals surface area contributed by atoms with E-state index in [2.05, 4.69) is 28.5 Å². The number of pyridine rings is 1. The zero-order valence-electron chi connectivity index (χ0n) is 11.9. The predicted octanol–water partition coefficient (Wildman–Crippen LogP) is 2.14. The number of nitrogens with one attached hydrogen (secondary N) is 1. The van der Waals surface area contributed by atoms with Crippen LogP contribution in [0.3, 0.4) is 0 Å². The molecule has 2 aromatic heterocycles. The SMILES string of the molecule is Cc1nc2ccccn2c1CNC(CCO)C(C)C. The van der Waals surface area contributed by atoms with Crippen LogP contribution in [-0.2, 0) is 6.54 Å². The molecule has 0 aliphatic heterocycles. The monoisotopic (exact) mass is 261 g/mol. The molecular weight excluding hydrogens is 238 g/mol. The van der Waals surface area contributed by atoms with Gasteiger partial charge in [-0.05, 0) is 31.4 Å². The fourth-order valence-electron chi connectivity index (χ4n) is 2.42. The Bertz CT molecular complexity index is 533. The maximum Gasteiger partial charge on any atom is 0.137 e. The molecule has 0 aliphatic carbocycles. The molecule has 4 heteroatoms. The summed E-state index contributed by atoms with van der Waals surface area (Å²) in [7, 11) is 0. The molecule has 2 N–H and O–H groups in total. The Morgan fingerprint density at radius 1 is 1.37 bits per heavy atom. The molecule has 2 heterocycles. The van der Waals surface area contributed by atoms with Crippen molar-refractivity contribution in [2.24, 2.45) is 5.92 Å². The van der Waals surface area contributed by atoms with Crippen LogP contribution in [0.5, 0.6) is 0 Å². The number of imidazole rings is 1. The topological polar surface area (TPSA) is 49.6 Å². The van der Waals surface area contributed by atoms with Gasteiger partial charge in [-0.2, -0.15) is 0 Å². The molecule has 0 radical (unpaired) electrons. The second-order valence-electron chi connectivity index (χ2n) is 5.32. The van der Waals surface area contributed by atoms with Crippen molar-refractivity contribution in [1.82, 2.24) is 14.7 Å². The Morgan fingerprint density at radius 2 is 2.16 bits per heavy atom. The normalized spacial score (nSPS) is 13.3. The van der Waals surface area contributed by atoms with Crippen LogP contribution in [0.15, 0.2) is 24.4 Å². The van der Waals surface area contributed by atoms with Crippen LogP contribution in [0.2, 0.25) is 0 Å². The fourth-order valence-corrected chi connectivity index (χ4v) is 2.42. The van der Waals surface area contributed by atoms with Crippen molar-refractivity contribution < 1.29 is 5.11 Å². The van der Waals surface area contributed by atoms with Gasteiger partial charge in [0.1, 0.15) is 5.65 Å². The van der Waals surface area contributed by atoms with Crippen molar-refractivity contribution in [2.45, 2.75) is 39.8 Å². The standard InChI is InChI=1S/C15H23N3O/c1-11(2)13(7-9-19)16-10-14-12(3)17-15-6-4-5-8-18(14)15/h4-6,8,11,13,16,19H,7,9-10H2,1-3H3. The second-order valence-corrected chi connectivity index (χ2v) is 5.32. The van der Waals surface area contributed by atoms with Gasteiger partial charge in [0.05, 0.1) is 11.4 Å². The molecule has 104 valence electrons. The molecule has 0 spiro atoms. The summed E-state index contributed by atoms with van der Waals surface area (Å²) in [6.07, 6.45) is 2.83. The third-order valence-electron chi connectivity index (χ3n) is 3.61. The predicted molar refractivity (Wildman–Crippen MR) is 77.1 cm³/mol. The van der Waals surface area contributed by atoms with Gasteiger partial charge in [0, 0.05) is 25.4 Å². The first-order valence-corrected chi connectivity index (χ1v) is 6.90. The van der Waals surface area contributed by atoms with E-state index < -0.39 is 0 Å². The van der Waals surface area contributed by atoms with Gasteiger partial charge >= 0.3 is 0 Å². The third-order valence-corrected chi connectivity index (χ3v) is 3.61. The van der Waals surface area contributed by atoms with Gasteiger partial charge in [0.25, 0.3) is 0 Å². The number of hydrogen-bond donors (Lipinski definition) is 2. The summed E-state index contributed by atoms with van der Waals surface area (Å²) in [5.41, 5.74) is 3.24. The minimum absolute atomic E-state index is 0.224. The highest BCUT2D eigenvalue weighted by molar-refractivity contribution is 5.42. The molecule has 1 atom stereocenters. The highest BCUT2D eigenvalue weighted by Crippen LogP contribution is 2.13. The average molecular weight is 261 g/mol. The van der Waals surface area contributed by atoms with Gasteiger partial charge in [0.15, 0.2) is 0 Å². The van der Waals surface area contributed by atoms with E-state index in [1.54, 1.807) is 0 Å². The van der Waals surface area contributed by atoms with E-state index in [-0.39, 0.29) is 6.61 Å². The van der Waals surface area contributed by atoms with Gasteiger partial charge < -0.3 is 14.8 Å². The molecule has 1 unspecified atom stereocenters. The number of fused-ring (bicyclic) bond motifs is 1. The van der Waals surface area contributed by atoms with E-state index in [1.165, 1.54) is 5.69 Å². The minimum Gasteiger partial charge on any atom is -0.396 e. The molecule has 0 fully saturated rings. The lowest BCUT2D eigenvalue weighted by Crippen LogP contribution is -2.34. The molecule has 0 saturated carbocycles. The number of hydrogen-bond acceptors (Lipinski definition) is 3. The van der Waals surface area contributed by atoms with Crippen molar-refractivity contribution in [2.75, 3.05) is 6.61 Å². The number of aromatic nitrogens is 2. The smallest absolute Gasteiger partial charge is 0.137 e. The molecular formula is C15H23N3O. The quantitative estimate of drug-likeness (QED) is 0.837. The number of aliphatic hydroxyl groups excluding tert-OH is 1. The number of nitrogens with zero attached hydrogens (tertiary/aromatic N) is 2. The van der Waals surface area contributed by atoms with Crippen molar-refractivity contribution in [1.29, 1.82) is 0 Å². The van der Waals surface area contributed by atoms with Crippen molar-refractivity contribution >= 4 is 5.65 Å². The highest BCUT2D eigenvalue weighted by Gasteiger charge is 2.14. The van der Waals surface area contributed by atoms with E-state index in [1.807, 2.05) is 31.3 Å². The molecule has 2 aromatic rings. The van der Waals surface area contributed by atoms with E-state index >= 15 is 0 Å². The molecule has 0 aliphatic rings. The summed E-state index contributed by atoms with van der Waals surface area (Å²) < 4.78 is 2.12. The molecule has 0 bridgehead atoms. The summed E-state index contributed by atoms with van der Waals surface area (Å²) >= 11 is 0. The third kappa shape index (κ3) is 3.14. The van der Waals surface area contributed by atoms with Gasteiger partial charge in [-0.1, -0.05) is 19.9 Å². The lowest BCUT2D eigenvalue weighted by Gasteiger charge is -2.21. The van der Waals surface area contributed by atoms with Crippen LogP contribution in [-0.4, -0.2) is 27.1 Å². The maximum atomic E-state index is 9.11. The lowest BCUT2D eigenvalue weighted by atomic mass is 10.0. The van der Waals surface area contributed by atoms with Crippen molar-refractivity contribution in [3.63, 3.8) is 0 Å². The Morgan fingerprint density at radius 3 is 2.84 bits per heavy atom. The minimum atomic E-state index is 0.224. The van der Waals surface area contributed by atoms with Crippen LogP contribution in [0, 0.1) is 12.8 Å². The fraction of sp³-hybridized carbons (Fsp3) is 0.533. The zero-order chi connectivity index (χ0) is 13.8. The Labute approximate surface area is 114 Å². The molecule has 4 nitrogen and oxygen atoms in total. The van der Waals surface area contributed by atoms with E-state index in [0.29, 0.717) is 12.0 Å². The maximum absolute atomic E-state index is 9.11. The van der Waals surface area contributed by atoms with E-state index in [0.717, 1.165) is 24.3 Å². The number of rotatable bonds is 6. The van der Waals surface area contributed by atoms with E-state index in [4.69, 9.17) is 5.11 Å². The summed E-state index contributed by atoms with van der Waals surface area (Å²) in [6.45, 7) is 7.39. The summed E-state index contributed by atoms with van der Waals surface area (Å²) in [5, 5.41) is 12.6. The summed E-state index contributed by atoms with van der Waals surface area (Å²) in [4.78, 5) is 4.56. The number of aliphatic hydroxyl groups is 1. The van der Waals surface area contributed by atoms with E-state index in [9.17, 15) is 0 Å². The molecule has 2 rings (SSSR count). The van der Waals surface area contributed by atoms with Gasteiger partial charge in [-0.15, -0.1) is 0 Å². The highest BCUT2D eigenvalue weighted by atomic mass is 16.3. The zero-order valence-corrected chi connectivity index (χ0v) is 11.9. The van der Waals surface area contributed by atoms with Gasteiger partial charge in [0.2, 0.25) is 0 Å². The molecule has 0 saturated heterocycles. The van der Waals surface area contributed by atoms with Crippen molar-refractivity contribution in [3.05, 3.63) is 35.8 Å². The molecule has 0 aromatic carbocycles. The van der Waals surface area contributed by atoms with Crippen LogP contribution in [0.4, 0.5) is 0 Å². The van der Waals surface area contributed by atoms with Crippen LogP contribution in [0.25, 0.3) is 5.65 Å². The number of aryl methyl sites for hydroxylation is 1.